The standard InChI is InChI=1S/C13H25N5O/c1-4-6-7-9-15-13(14-5-2)16-10-8-12-17-11(3)18-19-12/h4-10H2,1-3H3,(H2,14,15,16). The fraction of sp³-hybridized carbons (Fsp3) is 0.769. The van der Waals surface area contributed by atoms with Crippen molar-refractivity contribution in [2.45, 2.75) is 46.5 Å². The maximum Gasteiger partial charge on any atom is 0.228 e. The van der Waals surface area contributed by atoms with E-state index < -0.39 is 0 Å². The average Bonchev–Trinajstić information content (AvgIpc) is 2.80. The first-order valence-electron chi connectivity index (χ1n) is 7.07. The third-order valence-corrected chi connectivity index (χ3v) is 2.58. The van der Waals surface area contributed by atoms with Gasteiger partial charge in [0.15, 0.2) is 11.8 Å². The largest absolute Gasteiger partial charge is 0.357 e. The molecule has 19 heavy (non-hydrogen) atoms. The molecular weight excluding hydrogens is 242 g/mol. The van der Waals surface area contributed by atoms with Crippen molar-refractivity contribution in [3.05, 3.63) is 11.7 Å². The number of hydrogen-bond acceptors (Lipinski definition) is 4. The van der Waals surface area contributed by atoms with E-state index in [0.29, 0.717) is 18.1 Å². The van der Waals surface area contributed by atoms with Gasteiger partial charge in [-0.05, 0) is 20.3 Å². The highest BCUT2D eigenvalue weighted by Gasteiger charge is 2.03. The Balaban J connectivity index is 2.28. The van der Waals surface area contributed by atoms with Crippen LogP contribution in [0.5, 0.6) is 0 Å². The lowest BCUT2D eigenvalue weighted by Crippen LogP contribution is -2.38. The molecule has 0 amide bonds. The number of aromatic nitrogens is 2. The summed E-state index contributed by atoms with van der Waals surface area (Å²) in [5.74, 6) is 2.19. The van der Waals surface area contributed by atoms with Crippen molar-refractivity contribution in [3.63, 3.8) is 0 Å². The van der Waals surface area contributed by atoms with Gasteiger partial charge in [-0.1, -0.05) is 24.9 Å². The minimum Gasteiger partial charge on any atom is -0.357 e. The van der Waals surface area contributed by atoms with Crippen molar-refractivity contribution in [1.29, 1.82) is 0 Å². The molecule has 0 unspecified atom stereocenters. The van der Waals surface area contributed by atoms with E-state index in [4.69, 9.17) is 4.52 Å². The predicted molar refractivity (Wildman–Crippen MR) is 76.2 cm³/mol. The maximum atomic E-state index is 5.06. The van der Waals surface area contributed by atoms with E-state index in [1.165, 1.54) is 12.8 Å². The summed E-state index contributed by atoms with van der Waals surface area (Å²) in [6, 6.07) is 0. The molecule has 0 aliphatic carbocycles. The van der Waals surface area contributed by atoms with Gasteiger partial charge >= 0.3 is 0 Å². The van der Waals surface area contributed by atoms with Crippen LogP contribution in [0.1, 0.15) is 44.8 Å². The number of aliphatic imine (C=N–C) groups is 1. The van der Waals surface area contributed by atoms with E-state index in [-0.39, 0.29) is 0 Å². The fourth-order valence-corrected chi connectivity index (χ4v) is 1.62. The zero-order valence-electron chi connectivity index (χ0n) is 12.2. The third kappa shape index (κ3) is 6.79. The number of nitrogens with one attached hydrogen (secondary N) is 2. The molecule has 0 fully saturated rings. The predicted octanol–water partition coefficient (Wildman–Crippen LogP) is 1.67. The van der Waals surface area contributed by atoms with Gasteiger partial charge in [-0.3, -0.25) is 4.99 Å². The van der Waals surface area contributed by atoms with Gasteiger partial charge in [-0.25, -0.2) is 0 Å². The Morgan fingerprint density at radius 1 is 1.26 bits per heavy atom. The highest BCUT2D eigenvalue weighted by Crippen LogP contribution is 1.96. The molecule has 0 aromatic carbocycles. The summed E-state index contributed by atoms with van der Waals surface area (Å²) in [5, 5.41) is 10.3. The Morgan fingerprint density at radius 2 is 2.11 bits per heavy atom. The molecule has 0 radical (unpaired) electrons. The van der Waals surface area contributed by atoms with Crippen LogP contribution in [0.4, 0.5) is 0 Å². The van der Waals surface area contributed by atoms with Crippen LogP contribution in [0.3, 0.4) is 0 Å². The van der Waals surface area contributed by atoms with Crippen LogP contribution in [0.2, 0.25) is 0 Å². The van der Waals surface area contributed by atoms with E-state index in [0.717, 1.165) is 32.0 Å². The number of nitrogens with zero attached hydrogens (tertiary/aromatic N) is 3. The normalized spacial score (nSPS) is 11.6. The molecule has 0 bridgehead atoms. The van der Waals surface area contributed by atoms with Gasteiger partial charge in [-0.15, -0.1) is 0 Å². The summed E-state index contributed by atoms with van der Waals surface area (Å²) in [4.78, 5) is 8.68. The second kappa shape index (κ2) is 9.35. The molecule has 0 aliphatic rings. The zero-order chi connectivity index (χ0) is 13.9. The Kier molecular flexibility index (Phi) is 7.62. The second-order valence-electron chi connectivity index (χ2n) is 4.38. The summed E-state index contributed by atoms with van der Waals surface area (Å²) in [7, 11) is 0. The Labute approximate surface area is 115 Å². The summed E-state index contributed by atoms with van der Waals surface area (Å²) >= 11 is 0. The lowest BCUT2D eigenvalue weighted by molar-refractivity contribution is 0.374. The monoisotopic (exact) mass is 267 g/mol. The van der Waals surface area contributed by atoms with Crippen LogP contribution in [-0.2, 0) is 6.42 Å². The number of aryl methyl sites for hydroxylation is 1. The first-order valence-corrected chi connectivity index (χ1v) is 7.07. The summed E-state index contributed by atoms with van der Waals surface area (Å²) in [6.45, 7) is 8.53. The number of guanidine groups is 1. The molecule has 0 saturated heterocycles. The first-order chi connectivity index (χ1) is 9.26. The summed E-state index contributed by atoms with van der Waals surface area (Å²) in [6.07, 6.45) is 4.29. The number of unbranched alkanes of at least 4 members (excludes halogenated alkanes) is 2. The van der Waals surface area contributed by atoms with Crippen molar-refractivity contribution < 1.29 is 4.52 Å². The average molecular weight is 267 g/mol. The number of rotatable bonds is 8. The van der Waals surface area contributed by atoms with Crippen LogP contribution in [-0.4, -0.2) is 35.7 Å². The third-order valence-electron chi connectivity index (χ3n) is 2.58. The molecule has 1 aromatic heterocycles. The quantitative estimate of drug-likeness (QED) is 0.426. The minimum absolute atomic E-state index is 0.659. The minimum atomic E-state index is 0.659. The SMILES string of the molecule is CCCCCN=C(NCC)NCCc1nc(C)no1. The van der Waals surface area contributed by atoms with E-state index in [9.17, 15) is 0 Å². The van der Waals surface area contributed by atoms with Crippen LogP contribution in [0.25, 0.3) is 0 Å². The van der Waals surface area contributed by atoms with Crippen LogP contribution in [0, 0.1) is 6.92 Å². The van der Waals surface area contributed by atoms with Crippen LogP contribution >= 0.6 is 0 Å². The second-order valence-corrected chi connectivity index (χ2v) is 4.38. The van der Waals surface area contributed by atoms with Gasteiger partial charge < -0.3 is 15.2 Å². The van der Waals surface area contributed by atoms with Crippen molar-refractivity contribution in [1.82, 2.24) is 20.8 Å². The highest BCUT2D eigenvalue weighted by atomic mass is 16.5. The van der Waals surface area contributed by atoms with Crippen molar-refractivity contribution in [3.8, 4) is 0 Å². The highest BCUT2D eigenvalue weighted by molar-refractivity contribution is 5.79. The maximum absolute atomic E-state index is 5.06. The molecule has 0 spiro atoms. The van der Waals surface area contributed by atoms with Crippen LogP contribution in [0.15, 0.2) is 9.52 Å². The lowest BCUT2D eigenvalue weighted by atomic mass is 10.2. The van der Waals surface area contributed by atoms with Crippen molar-refractivity contribution in [2.75, 3.05) is 19.6 Å². The van der Waals surface area contributed by atoms with Crippen LogP contribution < -0.4 is 10.6 Å². The molecule has 0 saturated carbocycles. The van der Waals surface area contributed by atoms with E-state index in [1.807, 2.05) is 6.92 Å². The van der Waals surface area contributed by atoms with Gasteiger partial charge in [0.2, 0.25) is 5.89 Å². The Bertz CT molecular complexity index is 375. The molecule has 2 N–H and O–H groups in total. The molecule has 1 rings (SSSR count). The van der Waals surface area contributed by atoms with Crippen molar-refractivity contribution >= 4 is 5.96 Å². The zero-order valence-corrected chi connectivity index (χ0v) is 12.2. The molecule has 6 nitrogen and oxygen atoms in total. The van der Waals surface area contributed by atoms with E-state index >= 15 is 0 Å². The van der Waals surface area contributed by atoms with Gasteiger partial charge in [0.25, 0.3) is 0 Å². The smallest absolute Gasteiger partial charge is 0.228 e. The summed E-state index contributed by atoms with van der Waals surface area (Å²) in [5.41, 5.74) is 0. The Morgan fingerprint density at radius 3 is 2.74 bits per heavy atom. The molecular formula is C13H25N5O. The topological polar surface area (TPSA) is 75.3 Å². The van der Waals surface area contributed by atoms with Gasteiger partial charge in [-0.2, -0.15) is 4.98 Å². The van der Waals surface area contributed by atoms with Gasteiger partial charge in [0.05, 0.1) is 0 Å². The number of hydrogen-bond donors (Lipinski definition) is 2. The summed E-state index contributed by atoms with van der Waals surface area (Å²) < 4.78 is 5.06. The molecule has 1 aromatic rings. The first kappa shape index (κ1) is 15.5. The van der Waals surface area contributed by atoms with Gasteiger partial charge in [0, 0.05) is 26.1 Å². The molecule has 108 valence electrons. The molecule has 0 atom stereocenters. The van der Waals surface area contributed by atoms with E-state index in [2.05, 4.69) is 39.6 Å². The fourth-order valence-electron chi connectivity index (χ4n) is 1.62. The molecule has 6 heteroatoms. The molecule has 0 aliphatic heterocycles. The van der Waals surface area contributed by atoms with Crippen molar-refractivity contribution in [2.24, 2.45) is 4.99 Å². The molecule has 1 heterocycles. The van der Waals surface area contributed by atoms with E-state index in [1.54, 1.807) is 0 Å². The lowest BCUT2D eigenvalue weighted by Gasteiger charge is -2.10. The van der Waals surface area contributed by atoms with Gasteiger partial charge in [0.1, 0.15) is 0 Å². The Hall–Kier alpha value is -1.59.